The Labute approximate surface area is 159 Å². The van der Waals surface area contributed by atoms with E-state index >= 15 is 0 Å². The number of hydrazine groups is 1. The summed E-state index contributed by atoms with van der Waals surface area (Å²) in [7, 11) is 2.89. The Morgan fingerprint density at radius 3 is 2.22 bits per heavy atom. The molecule has 2 amide bonds. The average molecular weight is 379 g/mol. The standard InChI is InChI=1S/C19H29N3O5/c1-26-14-9-13(10-15(11-14)27-2)18(24)22(21)19(25)17(23)16(20)8-12-6-4-3-5-7-12/h9-12,16-17,23H,3-8,20-21H2,1-2H3/t16-,17?/m1/s1. The molecule has 1 aromatic carbocycles. The number of nitrogens with zero attached hydrogens (tertiary/aromatic N) is 1. The highest BCUT2D eigenvalue weighted by Crippen LogP contribution is 2.28. The van der Waals surface area contributed by atoms with E-state index in [1.807, 2.05) is 0 Å². The summed E-state index contributed by atoms with van der Waals surface area (Å²) in [4.78, 5) is 25.0. The zero-order valence-corrected chi connectivity index (χ0v) is 15.9. The van der Waals surface area contributed by atoms with E-state index in [4.69, 9.17) is 21.1 Å². The molecule has 0 aliphatic heterocycles. The van der Waals surface area contributed by atoms with Crippen LogP contribution in [0, 0.1) is 5.92 Å². The number of ether oxygens (including phenoxy) is 2. The van der Waals surface area contributed by atoms with Gasteiger partial charge < -0.3 is 20.3 Å². The van der Waals surface area contributed by atoms with Gasteiger partial charge in [-0.2, -0.15) is 0 Å². The van der Waals surface area contributed by atoms with Gasteiger partial charge >= 0.3 is 0 Å². The molecule has 1 aromatic rings. The topological polar surface area (TPSA) is 128 Å². The maximum Gasteiger partial charge on any atom is 0.275 e. The lowest BCUT2D eigenvalue weighted by Crippen LogP contribution is -2.53. The summed E-state index contributed by atoms with van der Waals surface area (Å²) >= 11 is 0. The van der Waals surface area contributed by atoms with Crippen LogP contribution in [0.15, 0.2) is 18.2 Å². The molecule has 8 nitrogen and oxygen atoms in total. The quantitative estimate of drug-likeness (QED) is 0.369. The number of benzene rings is 1. The number of rotatable bonds is 7. The number of amides is 2. The first-order valence-electron chi connectivity index (χ1n) is 9.17. The van der Waals surface area contributed by atoms with Crippen LogP contribution < -0.4 is 21.1 Å². The van der Waals surface area contributed by atoms with E-state index in [0.717, 1.165) is 25.7 Å². The molecule has 5 N–H and O–H groups in total. The first-order valence-corrected chi connectivity index (χ1v) is 9.17. The number of carbonyl (C=O) groups excluding carboxylic acids is 2. The SMILES string of the molecule is COc1cc(OC)cc(C(=O)N(N)C(=O)C(O)[C@H](N)CC2CCCCC2)c1. The lowest BCUT2D eigenvalue weighted by atomic mass is 9.84. The van der Waals surface area contributed by atoms with Crippen LogP contribution in [-0.4, -0.2) is 48.3 Å². The second kappa shape index (κ2) is 9.68. The summed E-state index contributed by atoms with van der Waals surface area (Å²) in [6.07, 6.45) is 4.58. The largest absolute Gasteiger partial charge is 0.497 e. The van der Waals surface area contributed by atoms with Gasteiger partial charge in [0.05, 0.1) is 14.2 Å². The molecule has 0 radical (unpaired) electrons. The number of imide groups is 1. The average Bonchev–Trinajstić information content (AvgIpc) is 2.71. The molecular weight excluding hydrogens is 350 g/mol. The number of aliphatic hydroxyl groups is 1. The van der Waals surface area contributed by atoms with Crippen molar-refractivity contribution in [1.82, 2.24) is 5.01 Å². The molecule has 2 rings (SSSR count). The Morgan fingerprint density at radius 2 is 1.70 bits per heavy atom. The molecular formula is C19H29N3O5. The summed E-state index contributed by atoms with van der Waals surface area (Å²) in [5.41, 5.74) is 6.12. The van der Waals surface area contributed by atoms with Gasteiger partial charge in [0.25, 0.3) is 11.8 Å². The van der Waals surface area contributed by atoms with Crippen molar-refractivity contribution >= 4 is 11.8 Å². The van der Waals surface area contributed by atoms with Crippen LogP contribution in [0.1, 0.15) is 48.9 Å². The minimum atomic E-state index is -1.53. The van der Waals surface area contributed by atoms with Gasteiger partial charge in [0.2, 0.25) is 0 Å². The number of hydrogen-bond donors (Lipinski definition) is 3. The van der Waals surface area contributed by atoms with Crippen molar-refractivity contribution in [2.24, 2.45) is 17.5 Å². The van der Waals surface area contributed by atoms with Crippen LogP contribution in [0.3, 0.4) is 0 Å². The Balaban J connectivity index is 2.05. The number of hydrogen-bond acceptors (Lipinski definition) is 7. The first-order chi connectivity index (χ1) is 12.9. The van der Waals surface area contributed by atoms with Crippen LogP contribution in [0.4, 0.5) is 0 Å². The lowest BCUT2D eigenvalue weighted by Gasteiger charge is -2.28. The fourth-order valence-electron chi connectivity index (χ4n) is 3.43. The molecule has 1 aliphatic rings. The Hall–Kier alpha value is -2.16. The maximum absolute atomic E-state index is 12.6. The highest BCUT2D eigenvalue weighted by Gasteiger charge is 2.32. The molecule has 1 unspecified atom stereocenters. The molecule has 1 aliphatic carbocycles. The molecule has 0 bridgehead atoms. The van der Waals surface area contributed by atoms with E-state index in [2.05, 4.69) is 0 Å². The van der Waals surface area contributed by atoms with Gasteiger partial charge in [-0.15, -0.1) is 0 Å². The fraction of sp³-hybridized carbons (Fsp3) is 0.579. The predicted octanol–water partition coefficient (Wildman–Crippen LogP) is 1.20. The number of aliphatic hydroxyl groups excluding tert-OH is 1. The summed E-state index contributed by atoms with van der Waals surface area (Å²) in [6, 6.07) is 3.70. The maximum atomic E-state index is 12.6. The van der Waals surface area contributed by atoms with Gasteiger partial charge in [-0.1, -0.05) is 32.1 Å². The van der Waals surface area contributed by atoms with Crippen LogP contribution in [0.2, 0.25) is 0 Å². The number of methoxy groups -OCH3 is 2. The lowest BCUT2D eigenvalue weighted by molar-refractivity contribution is -0.139. The number of nitrogens with two attached hydrogens (primary N) is 2. The van der Waals surface area contributed by atoms with Crippen molar-refractivity contribution in [3.05, 3.63) is 23.8 Å². The van der Waals surface area contributed by atoms with E-state index in [1.165, 1.54) is 32.8 Å². The molecule has 150 valence electrons. The third-order valence-electron chi connectivity index (χ3n) is 5.04. The van der Waals surface area contributed by atoms with Crippen molar-refractivity contribution < 1.29 is 24.2 Å². The molecule has 0 spiro atoms. The zero-order valence-electron chi connectivity index (χ0n) is 15.9. The van der Waals surface area contributed by atoms with E-state index in [0.29, 0.717) is 28.8 Å². The van der Waals surface area contributed by atoms with Crippen LogP contribution in [0.25, 0.3) is 0 Å². The third kappa shape index (κ3) is 5.41. The smallest absolute Gasteiger partial charge is 0.275 e. The highest BCUT2D eigenvalue weighted by atomic mass is 16.5. The predicted molar refractivity (Wildman–Crippen MR) is 100 cm³/mol. The zero-order chi connectivity index (χ0) is 20.0. The molecule has 0 aromatic heterocycles. The van der Waals surface area contributed by atoms with Crippen molar-refractivity contribution in [2.75, 3.05) is 14.2 Å². The summed E-state index contributed by atoms with van der Waals surface area (Å²) in [5, 5.41) is 10.7. The Kier molecular flexibility index (Phi) is 7.58. The van der Waals surface area contributed by atoms with Crippen molar-refractivity contribution in [2.45, 2.75) is 50.7 Å². The van der Waals surface area contributed by atoms with E-state index in [-0.39, 0.29) is 5.56 Å². The second-order valence-electron chi connectivity index (χ2n) is 6.96. The first kappa shape index (κ1) is 21.1. The van der Waals surface area contributed by atoms with E-state index in [1.54, 1.807) is 6.07 Å². The molecule has 0 saturated heterocycles. The monoisotopic (exact) mass is 379 g/mol. The fourth-order valence-corrected chi connectivity index (χ4v) is 3.43. The van der Waals surface area contributed by atoms with Crippen molar-refractivity contribution in [1.29, 1.82) is 0 Å². The summed E-state index contributed by atoms with van der Waals surface area (Å²) in [5.74, 6) is 5.14. The van der Waals surface area contributed by atoms with Gasteiger partial charge in [-0.25, -0.2) is 10.9 Å². The minimum absolute atomic E-state index is 0.107. The number of carbonyl (C=O) groups is 2. The van der Waals surface area contributed by atoms with Gasteiger partial charge in [0, 0.05) is 17.7 Å². The molecule has 0 heterocycles. The normalized spacial score (nSPS) is 17.1. The van der Waals surface area contributed by atoms with Crippen LogP contribution in [0.5, 0.6) is 11.5 Å². The molecule has 1 fully saturated rings. The van der Waals surface area contributed by atoms with Crippen LogP contribution in [-0.2, 0) is 4.79 Å². The van der Waals surface area contributed by atoms with Crippen LogP contribution >= 0.6 is 0 Å². The van der Waals surface area contributed by atoms with Gasteiger partial charge in [-0.05, 0) is 24.5 Å². The highest BCUT2D eigenvalue weighted by molar-refractivity contribution is 6.05. The van der Waals surface area contributed by atoms with Gasteiger partial charge in [-0.3, -0.25) is 9.59 Å². The summed E-state index contributed by atoms with van der Waals surface area (Å²) < 4.78 is 10.2. The van der Waals surface area contributed by atoms with E-state index < -0.39 is 24.0 Å². The van der Waals surface area contributed by atoms with Crippen molar-refractivity contribution in [3.63, 3.8) is 0 Å². The van der Waals surface area contributed by atoms with Gasteiger partial charge in [0.15, 0.2) is 0 Å². The molecule has 2 atom stereocenters. The second-order valence-corrected chi connectivity index (χ2v) is 6.96. The Morgan fingerprint density at radius 1 is 1.15 bits per heavy atom. The molecule has 27 heavy (non-hydrogen) atoms. The molecule has 1 saturated carbocycles. The van der Waals surface area contributed by atoms with E-state index in [9.17, 15) is 14.7 Å². The van der Waals surface area contributed by atoms with Crippen molar-refractivity contribution in [3.8, 4) is 11.5 Å². The third-order valence-corrected chi connectivity index (χ3v) is 5.04. The van der Waals surface area contributed by atoms with Gasteiger partial charge in [0.1, 0.15) is 17.6 Å². The molecule has 8 heteroatoms. The minimum Gasteiger partial charge on any atom is -0.497 e. The summed E-state index contributed by atoms with van der Waals surface area (Å²) in [6.45, 7) is 0. The Bertz CT molecular complexity index is 638.